The Bertz CT molecular complexity index is 500. The lowest BCUT2D eigenvalue weighted by Crippen LogP contribution is -2.35. The first kappa shape index (κ1) is 18.4. The SMILES string of the molecule is O=C(CCCOc1ccc(Cl)cc1Cl)NC1CCCCCCC1. The third-order valence-electron chi connectivity index (χ3n) is 4.17. The lowest BCUT2D eigenvalue weighted by Gasteiger charge is -2.21. The van der Waals surface area contributed by atoms with Crippen molar-refractivity contribution >= 4 is 29.1 Å². The molecule has 3 nitrogen and oxygen atoms in total. The summed E-state index contributed by atoms with van der Waals surface area (Å²) in [7, 11) is 0. The van der Waals surface area contributed by atoms with Crippen molar-refractivity contribution in [3.63, 3.8) is 0 Å². The maximum atomic E-state index is 12.0. The summed E-state index contributed by atoms with van der Waals surface area (Å²) in [6.45, 7) is 0.472. The van der Waals surface area contributed by atoms with E-state index in [0.29, 0.717) is 41.3 Å². The van der Waals surface area contributed by atoms with E-state index in [1.54, 1.807) is 18.2 Å². The number of benzene rings is 1. The first-order valence-electron chi connectivity index (χ1n) is 8.52. The molecular formula is C18H25Cl2NO2. The molecule has 128 valence electrons. The van der Waals surface area contributed by atoms with Crippen molar-refractivity contribution in [2.24, 2.45) is 0 Å². The number of carbonyl (C=O) groups excluding carboxylic acids is 1. The Kier molecular flexibility index (Phi) is 8.04. The van der Waals surface area contributed by atoms with Crippen molar-refractivity contribution in [2.45, 2.75) is 63.8 Å². The molecule has 0 atom stereocenters. The standard InChI is InChI=1S/C18H25Cl2NO2/c19-14-10-11-17(16(20)13-14)23-12-6-9-18(22)21-15-7-4-2-1-3-5-8-15/h10-11,13,15H,1-9,12H2,(H,21,22). The summed E-state index contributed by atoms with van der Waals surface area (Å²) in [5, 5.41) is 4.25. The van der Waals surface area contributed by atoms with E-state index < -0.39 is 0 Å². The second kappa shape index (κ2) is 10.0. The predicted molar refractivity (Wildman–Crippen MR) is 95.4 cm³/mol. The maximum Gasteiger partial charge on any atom is 0.220 e. The number of rotatable bonds is 6. The molecule has 5 heteroatoms. The molecule has 23 heavy (non-hydrogen) atoms. The Labute approximate surface area is 148 Å². The topological polar surface area (TPSA) is 38.3 Å². The van der Waals surface area contributed by atoms with Gasteiger partial charge in [-0.1, -0.05) is 55.3 Å². The second-order valence-electron chi connectivity index (χ2n) is 6.14. The van der Waals surface area contributed by atoms with E-state index in [2.05, 4.69) is 5.32 Å². The molecule has 0 spiro atoms. The van der Waals surface area contributed by atoms with Gasteiger partial charge in [-0.05, 0) is 37.5 Å². The van der Waals surface area contributed by atoms with Crippen LogP contribution in [-0.4, -0.2) is 18.6 Å². The van der Waals surface area contributed by atoms with E-state index in [9.17, 15) is 4.79 Å². The van der Waals surface area contributed by atoms with Crippen LogP contribution in [0.15, 0.2) is 18.2 Å². The van der Waals surface area contributed by atoms with Crippen LogP contribution in [0.25, 0.3) is 0 Å². The van der Waals surface area contributed by atoms with E-state index in [4.69, 9.17) is 27.9 Å². The second-order valence-corrected chi connectivity index (χ2v) is 6.98. The molecule has 0 radical (unpaired) electrons. The Morgan fingerprint density at radius 3 is 2.52 bits per heavy atom. The molecule has 1 aliphatic carbocycles. The Morgan fingerprint density at radius 2 is 1.83 bits per heavy atom. The van der Waals surface area contributed by atoms with Crippen LogP contribution >= 0.6 is 23.2 Å². The fourth-order valence-electron chi connectivity index (χ4n) is 2.91. The molecule has 0 bridgehead atoms. The van der Waals surface area contributed by atoms with Crippen molar-refractivity contribution in [1.82, 2.24) is 5.32 Å². The molecular weight excluding hydrogens is 333 g/mol. The minimum Gasteiger partial charge on any atom is -0.492 e. The van der Waals surface area contributed by atoms with Crippen molar-refractivity contribution in [1.29, 1.82) is 0 Å². The molecule has 1 fully saturated rings. The van der Waals surface area contributed by atoms with Crippen LogP contribution in [0.1, 0.15) is 57.8 Å². The normalized spacial score (nSPS) is 16.4. The van der Waals surface area contributed by atoms with Gasteiger partial charge in [-0.15, -0.1) is 0 Å². The van der Waals surface area contributed by atoms with Crippen LogP contribution < -0.4 is 10.1 Å². The van der Waals surface area contributed by atoms with Crippen LogP contribution in [0.4, 0.5) is 0 Å². The fraction of sp³-hybridized carbons (Fsp3) is 0.611. The van der Waals surface area contributed by atoms with Gasteiger partial charge in [0.1, 0.15) is 5.75 Å². The number of ether oxygens (including phenoxy) is 1. The first-order chi connectivity index (χ1) is 11.1. The van der Waals surface area contributed by atoms with Crippen LogP contribution in [0, 0.1) is 0 Å². The highest BCUT2D eigenvalue weighted by molar-refractivity contribution is 6.35. The summed E-state index contributed by atoms with van der Waals surface area (Å²) in [5.41, 5.74) is 0. The van der Waals surface area contributed by atoms with E-state index in [1.165, 1.54) is 32.1 Å². The van der Waals surface area contributed by atoms with Gasteiger partial charge in [-0.2, -0.15) is 0 Å². The number of hydrogen-bond acceptors (Lipinski definition) is 2. The highest BCUT2D eigenvalue weighted by Gasteiger charge is 2.13. The zero-order valence-electron chi connectivity index (χ0n) is 13.5. The van der Waals surface area contributed by atoms with Gasteiger partial charge in [0.05, 0.1) is 11.6 Å². The minimum atomic E-state index is 0.126. The molecule has 1 aromatic rings. The Morgan fingerprint density at radius 1 is 1.13 bits per heavy atom. The lowest BCUT2D eigenvalue weighted by atomic mass is 9.96. The number of hydrogen-bond donors (Lipinski definition) is 1. The third-order valence-corrected chi connectivity index (χ3v) is 4.70. The molecule has 2 rings (SSSR count). The van der Waals surface area contributed by atoms with E-state index >= 15 is 0 Å². The highest BCUT2D eigenvalue weighted by Crippen LogP contribution is 2.27. The number of amides is 1. The zero-order chi connectivity index (χ0) is 16.5. The van der Waals surface area contributed by atoms with Gasteiger partial charge in [-0.25, -0.2) is 0 Å². The molecule has 1 aliphatic rings. The highest BCUT2D eigenvalue weighted by atomic mass is 35.5. The van der Waals surface area contributed by atoms with Gasteiger partial charge in [0, 0.05) is 17.5 Å². The van der Waals surface area contributed by atoms with Gasteiger partial charge in [0.15, 0.2) is 0 Å². The average Bonchev–Trinajstić information content (AvgIpc) is 2.48. The molecule has 1 saturated carbocycles. The predicted octanol–water partition coefficient (Wildman–Crippen LogP) is 5.38. The Balaban J connectivity index is 1.64. The summed E-state index contributed by atoms with van der Waals surface area (Å²) in [4.78, 5) is 12.0. The lowest BCUT2D eigenvalue weighted by molar-refractivity contribution is -0.122. The Hall–Kier alpha value is -0.930. The minimum absolute atomic E-state index is 0.126. The van der Waals surface area contributed by atoms with Crippen LogP contribution in [0.2, 0.25) is 10.0 Å². The summed E-state index contributed by atoms with van der Waals surface area (Å²) >= 11 is 11.9. The molecule has 1 aromatic carbocycles. The first-order valence-corrected chi connectivity index (χ1v) is 9.28. The van der Waals surface area contributed by atoms with Crippen LogP contribution in [0.5, 0.6) is 5.75 Å². The molecule has 1 amide bonds. The summed E-state index contributed by atoms with van der Waals surface area (Å²) in [6, 6.07) is 5.50. The van der Waals surface area contributed by atoms with Crippen molar-refractivity contribution in [3.05, 3.63) is 28.2 Å². The van der Waals surface area contributed by atoms with Gasteiger partial charge in [-0.3, -0.25) is 4.79 Å². The van der Waals surface area contributed by atoms with E-state index in [1.807, 2.05) is 0 Å². The van der Waals surface area contributed by atoms with Gasteiger partial charge in [0.25, 0.3) is 0 Å². The van der Waals surface area contributed by atoms with Crippen molar-refractivity contribution in [2.75, 3.05) is 6.61 Å². The molecule has 1 N–H and O–H groups in total. The monoisotopic (exact) mass is 357 g/mol. The van der Waals surface area contributed by atoms with Gasteiger partial charge < -0.3 is 10.1 Å². The van der Waals surface area contributed by atoms with Crippen molar-refractivity contribution in [3.8, 4) is 5.75 Å². The molecule has 0 aliphatic heterocycles. The summed E-state index contributed by atoms with van der Waals surface area (Å²) in [5.74, 6) is 0.734. The number of halogens is 2. The smallest absolute Gasteiger partial charge is 0.220 e. The summed E-state index contributed by atoms with van der Waals surface area (Å²) < 4.78 is 5.60. The number of nitrogens with one attached hydrogen (secondary N) is 1. The van der Waals surface area contributed by atoms with Crippen molar-refractivity contribution < 1.29 is 9.53 Å². The fourth-order valence-corrected chi connectivity index (χ4v) is 3.37. The number of carbonyl (C=O) groups is 1. The van der Waals surface area contributed by atoms with E-state index in [-0.39, 0.29) is 5.91 Å². The van der Waals surface area contributed by atoms with Gasteiger partial charge in [0.2, 0.25) is 5.91 Å². The van der Waals surface area contributed by atoms with E-state index in [0.717, 1.165) is 12.8 Å². The zero-order valence-corrected chi connectivity index (χ0v) is 15.0. The molecule has 0 saturated heterocycles. The molecule has 0 heterocycles. The maximum absolute atomic E-state index is 12.0. The largest absolute Gasteiger partial charge is 0.492 e. The summed E-state index contributed by atoms with van der Waals surface area (Å²) in [6.07, 6.45) is 9.77. The average molecular weight is 358 g/mol. The third kappa shape index (κ3) is 7.01. The van der Waals surface area contributed by atoms with Crippen LogP contribution in [0.3, 0.4) is 0 Å². The van der Waals surface area contributed by atoms with Gasteiger partial charge >= 0.3 is 0 Å². The quantitative estimate of drug-likeness (QED) is 0.693. The molecule has 0 unspecified atom stereocenters. The molecule has 0 aromatic heterocycles. The van der Waals surface area contributed by atoms with Crippen LogP contribution in [-0.2, 0) is 4.79 Å².